The first-order valence-electron chi connectivity index (χ1n) is 32.2. The van der Waals surface area contributed by atoms with Gasteiger partial charge in [0.25, 0.3) is 0 Å². The number of ether oxygens (including phenoxy) is 3. The lowest BCUT2D eigenvalue weighted by Gasteiger charge is -2.18. The van der Waals surface area contributed by atoms with Crippen LogP contribution in [0, 0.1) is 0 Å². The third-order valence-electron chi connectivity index (χ3n) is 13.3. The minimum atomic E-state index is -0.800. The standard InChI is InChI=1S/C72H118O6/c1-4-7-10-13-16-19-22-24-26-28-30-31-32-33-34-35-36-37-38-39-40-41-43-44-46-48-50-53-56-59-62-65-71(74)77-68-69(67-76-70(73)64-61-58-55-52-21-18-15-12-9-6-3)78-72(75)66-63-60-57-54-51-49-47-45-42-29-27-25-23-20-17-14-11-8-5-2/h7,10,12,15-16,19,24-27,30-31,33-34,36-37,39-40,43-44,48,50,69H,4-6,8-9,11,13-14,17-18,20-23,28-29,32,35,38,41-42,45-47,49,51-68H2,1-3H3/b10-7-,15-12-,19-16-,26-24-,27-25-,31-30-,34-33-,37-36-,40-39-,44-43-,50-48-. The van der Waals surface area contributed by atoms with Crippen molar-refractivity contribution in [2.24, 2.45) is 0 Å². The Kier molecular flexibility index (Phi) is 61.4. The van der Waals surface area contributed by atoms with Gasteiger partial charge in [0.2, 0.25) is 0 Å². The molecule has 0 radical (unpaired) electrons. The molecule has 0 N–H and O–H groups in total. The summed E-state index contributed by atoms with van der Waals surface area (Å²) in [6, 6.07) is 0. The molecule has 0 saturated carbocycles. The van der Waals surface area contributed by atoms with Crippen molar-refractivity contribution in [2.45, 2.75) is 290 Å². The number of allylic oxidation sites excluding steroid dienone is 22. The SMILES string of the molecule is CC/C=C\C/C=C\C/C=C\C/C=C\C/C=C\C/C=C\C/C=C\C/C=C\C/C=C\CCCCCC(=O)OCC(COC(=O)CCCCCCC/C=C\CCC)OC(=O)CCCCCCCCCCC/C=C\CCCCCCCC. The average molecular weight is 1080 g/mol. The van der Waals surface area contributed by atoms with Crippen molar-refractivity contribution >= 4 is 17.9 Å². The molecule has 78 heavy (non-hydrogen) atoms. The minimum absolute atomic E-state index is 0.0965. The van der Waals surface area contributed by atoms with E-state index >= 15 is 0 Å². The lowest BCUT2D eigenvalue weighted by Crippen LogP contribution is -2.30. The van der Waals surface area contributed by atoms with Crippen LogP contribution in [0.4, 0.5) is 0 Å². The highest BCUT2D eigenvalue weighted by Crippen LogP contribution is 2.15. The predicted octanol–water partition coefficient (Wildman–Crippen LogP) is 22.2. The fraction of sp³-hybridized carbons (Fsp3) is 0.653. The van der Waals surface area contributed by atoms with Gasteiger partial charge in [-0.3, -0.25) is 14.4 Å². The van der Waals surface area contributed by atoms with E-state index in [9.17, 15) is 14.4 Å². The van der Waals surface area contributed by atoms with Crippen LogP contribution in [0.25, 0.3) is 0 Å². The van der Waals surface area contributed by atoms with Gasteiger partial charge in [0, 0.05) is 19.3 Å². The van der Waals surface area contributed by atoms with Crippen LogP contribution in [0.3, 0.4) is 0 Å². The van der Waals surface area contributed by atoms with Gasteiger partial charge in [-0.25, -0.2) is 0 Å². The van der Waals surface area contributed by atoms with Crippen molar-refractivity contribution in [3.8, 4) is 0 Å². The topological polar surface area (TPSA) is 78.9 Å². The molecule has 1 atom stereocenters. The number of carbonyl (C=O) groups is 3. The van der Waals surface area contributed by atoms with E-state index in [1.165, 1.54) is 103 Å². The summed E-state index contributed by atoms with van der Waals surface area (Å²) in [7, 11) is 0. The maximum atomic E-state index is 12.9. The highest BCUT2D eigenvalue weighted by molar-refractivity contribution is 5.71. The van der Waals surface area contributed by atoms with Crippen LogP contribution in [-0.2, 0) is 28.6 Å². The molecule has 0 aromatic heterocycles. The number of rotatable bonds is 57. The lowest BCUT2D eigenvalue weighted by atomic mass is 10.1. The highest BCUT2D eigenvalue weighted by atomic mass is 16.6. The fourth-order valence-corrected chi connectivity index (χ4v) is 8.55. The van der Waals surface area contributed by atoms with Crippen molar-refractivity contribution in [1.82, 2.24) is 0 Å². The van der Waals surface area contributed by atoms with Crippen LogP contribution in [0.2, 0.25) is 0 Å². The summed E-state index contributed by atoms with van der Waals surface area (Å²) < 4.78 is 16.8. The zero-order valence-electron chi connectivity index (χ0n) is 50.6. The van der Waals surface area contributed by atoms with Gasteiger partial charge in [-0.05, 0) is 135 Å². The molecule has 0 aromatic rings. The average Bonchev–Trinajstić information content (AvgIpc) is 3.44. The fourth-order valence-electron chi connectivity index (χ4n) is 8.55. The van der Waals surface area contributed by atoms with Gasteiger partial charge in [-0.15, -0.1) is 0 Å². The Bertz CT molecular complexity index is 1670. The Morgan fingerprint density at radius 2 is 0.526 bits per heavy atom. The molecule has 6 nitrogen and oxygen atoms in total. The first-order chi connectivity index (χ1) is 38.5. The molecule has 6 heteroatoms. The van der Waals surface area contributed by atoms with E-state index in [1.54, 1.807) is 0 Å². The monoisotopic (exact) mass is 1080 g/mol. The zero-order chi connectivity index (χ0) is 56.4. The first kappa shape index (κ1) is 73.5. The normalized spacial score (nSPS) is 13.0. The molecule has 0 rings (SSSR count). The molecule has 0 saturated heterocycles. The maximum absolute atomic E-state index is 12.9. The largest absolute Gasteiger partial charge is 0.462 e. The van der Waals surface area contributed by atoms with Crippen molar-refractivity contribution in [3.63, 3.8) is 0 Å². The van der Waals surface area contributed by atoms with Crippen molar-refractivity contribution in [1.29, 1.82) is 0 Å². The number of hydrogen-bond donors (Lipinski definition) is 0. The summed E-state index contributed by atoms with van der Waals surface area (Å²) in [4.78, 5) is 38.2. The van der Waals surface area contributed by atoms with E-state index in [2.05, 4.69) is 154 Å². The van der Waals surface area contributed by atoms with Crippen LogP contribution >= 0.6 is 0 Å². The summed E-state index contributed by atoms with van der Waals surface area (Å²) in [5, 5.41) is 0. The van der Waals surface area contributed by atoms with Crippen molar-refractivity contribution < 1.29 is 28.6 Å². The Hall–Kier alpha value is -4.45. The van der Waals surface area contributed by atoms with E-state index in [-0.39, 0.29) is 31.1 Å². The smallest absolute Gasteiger partial charge is 0.306 e. The van der Waals surface area contributed by atoms with Gasteiger partial charge in [0.05, 0.1) is 0 Å². The third kappa shape index (κ3) is 62.4. The summed E-state index contributed by atoms with van der Waals surface area (Å²) in [6.07, 6.45) is 91.8. The second kappa shape index (κ2) is 65.1. The molecule has 442 valence electrons. The second-order valence-corrected chi connectivity index (χ2v) is 20.9. The predicted molar refractivity (Wildman–Crippen MR) is 339 cm³/mol. The number of unbranched alkanes of at least 4 members (excludes halogenated alkanes) is 24. The van der Waals surface area contributed by atoms with Gasteiger partial charge >= 0.3 is 17.9 Å². The number of esters is 3. The van der Waals surface area contributed by atoms with Crippen LogP contribution in [0.5, 0.6) is 0 Å². The lowest BCUT2D eigenvalue weighted by molar-refractivity contribution is -0.167. The van der Waals surface area contributed by atoms with Crippen LogP contribution in [0.15, 0.2) is 134 Å². The van der Waals surface area contributed by atoms with Gasteiger partial charge in [-0.1, -0.05) is 264 Å². The van der Waals surface area contributed by atoms with E-state index < -0.39 is 6.10 Å². The first-order valence-corrected chi connectivity index (χ1v) is 32.2. The summed E-state index contributed by atoms with van der Waals surface area (Å²) >= 11 is 0. The molecule has 0 aliphatic heterocycles. The van der Waals surface area contributed by atoms with E-state index in [1.807, 2.05) is 0 Å². The van der Waals surface area contributed by atoms with Gasteiger partial charge in [-0.2, -0.15) is 0 Å². The second-order valence-electron chi connectivity index (χ2n) is 20.9. The van der Waals surface area contributed by atoms with Crippen molar-refractivity contribution in [2.75, 3.05) is 13.2 Å². The molecule has 0 spiro atoms. The van der Waals surface area contributed by atoms with Gasteiger partial charge < -0.3 is 14.2 Å². The van der Waals surface area contributed by atoms with Crippen LogP contribution in [0.1, 0.15) is 284 Å². The number of hydrogen-bond acceptors (Lipinski definition) is 6. The molecule has 0 bridgehead atoms. The zero-order valence-corrected chi connectivity index (χ0v) is 50.6. The Morgan fingerprint density at radius 1 is 0.269 bits per heavy atom. The molecule has 0 heterocycles. The summed E-state index contributed by atoms with van der Waals surface area (Å²) in [5.41, 5.74) is 0. The van der Waals surface area contributed by atoms with E-state index in [4.69, 9.17) is 14.2 Å². The van der Waals surface area contributed by atoms with E-state index in [0.717, 1.165) is 141 Å². The van der Waals surface area contributed by atoms with Crippen molar-refractivity contribution in [3.05, 3.63) is 134 Å². The molecule has 1 unspecified atom stereocenters. The highest BCUT2D eigenvalue weighted by Gasteiger charge is 2.19. The van der Waals surface area contributed by atoms with Crippen LogP contribution < -0.4 is 0 Å². The molecular weight excluding hydrogens is 961 g/mol. The number of carbonyl (C=O) groups excluding carboxylic acids is 3. The Labute approximate surface area is 481 Å². The molecular formula is C72H118O6. The van der Waals surface area contributed by atoms with Gasteiger partial charge in [0.15, 0.2) is 6.10 Å². The quantitative estimate of drug-likeness (QED) is 0.0261. The van der Waals surface area contributed by atoms with Crippen LogP contribution in [-0.4, -0.2) is 37.2 Å². The summed E-state index contributed by atoms with van der Waals surface area (Å²) in [6.45, 7) is 6.43. The van der Waals surface area contributed by atoms with E-state index in [0.29, 0.717) is 19.3 Å². The molecule has 0 amide bonds. The summed E-state index contributed by atoms with van der Waals surface area (Å²) in [5.74, 6) is -0.942. The molecule has 0 fully saturated rings. The minimum Gasteiger partial charge on any atom is -0.462 e. The Morgan fingerprint density at radius 3 is 0.859 bits per heavy atom. The molecule has 0 aliphatic carbocycles. The third-order valence-corrected chi connectivity index (χ3v) is 13.3. The molecule has 0 aliphatic rings. The Balaban J connectivity index is 4.33. The molecule has 0 aromatic carbocycles. The van der Waals surface area contributed by atoms with Gasteiger partial charge in [0.1, 0.15) is 13.2 Å². The maximum Gasteiger partial charge on any atom is 0.306 e.